The van der Waals surface area contributed by atoms with E-state index in [9.17, 15) is 9.18 Å². The largest absolute Gasteiger partial charge is 0.311 e. The van der Waals surface area contributed by atoms with Gasteiger partial charge in [0.1, 0.15) is 5.82 Å². The first-order valence-corrected chi connectivity index (χ1v) is 7.70. The van der Waals surface area contributed by atoms with Gasteiger partial charge in [-0.05, 0) is 34.1 Å². The molecule has 1 amide bonds. The van der Waals surface area contributed by atoms with Crippen LogP contribution in [0.25, 0.3) is 0 Å². The molecule has 4 nitrogen and oxygen atoms in total. The fourth-order valence-electron chi connectivity index (χ4n) is 2.01. The molecule has 7 heteroatoms. The van der Waals surface area contributed by atoms with Gasteiger partial charge in [-0.2, -0.15) is 0 Å². The summed E-state index contributed by atoms with van der Waals surface area (Å²) < 4.78 is 13.8. The molecule has 2 heterocycles. The minimum Gasteiger partial charge on any atom is -0.311 e. The van der Waals surface area contributed by atoms with Crippen molar-refractivity contribution in [3.8, 4) is 0 Å². The third-order valence-electron chi connectivity index (χ3n) is 3.00. The molecule has 0 atom stereocenters. The molecule has 0 bridgehead atoms. The number of benzene rings is 1. The first-order chi connectivity index (χ1) is 9.63. The van der Waals surface area contributed by atoms with E-state index in [1.165, 1.54) is 29.5 Å². The van der Waals surface area contributed by atoms with E-state index >= 15 is 0 Å². The van der Waals surface area contributed by atoms with Gasteiger partial charge in [0.2, 0.25) is 0 Å². The zero-order chi connectivity index (χ0) is 14.1. The number of carbonyl (C=O) groups is 1. The Hall–Kier alpha value is -1.31. The molecule has 0 fully saturated rings. The Bertz CT molecular complexity index is 650. The Balaban J connectivity index is 1.82. The fourth-order valence-corrected chi connectivity index (χ4v) is 3.41. The average molecular weight is 356 g/mol. The Morgan fingerprint density at radius 3 is 3.15 bits per heavy atom. The number of thiazole rings is 1. The van der Waals surface area contributed by atoms with E-state index < -0.39 is 5.82 Å². The van der Waals surface area contributed by atoms with E-state index in [-0.39, 0.29) is 11.5 Å². The molecule has 0 radical (unpaired) electrons. The maximum absolute atomic E-state index is 13.2. The second kappa shape index (κ2) is 5.59. The lowest BCUT2D eigenvalue weighted by Crippen LogP contribution is -2.22. The van der Waals surface area contributed by atoms with Crippen LogP contribution in [0.4, 0.5) is 9.52 Å². The Morgan fingerprint density at radius 1 is 1.50 bits per heavy atom. The van der Waals surface area contributed by atoms with Crippen molar-refractivity contribution in [3.05, 3.63) is 44.6 Å². The summed E-state index contributed by atoms with van der Waals surface area (Å²) >= 11 is 4.70. The second-order valence-electron chi connectivity index (χ2n) is 4.39. The Labute approximate surface area is 127 Å². The van der Waals surface area contributed by atoms with Gasteiger partial charge in [-0.1, -0.05) is 0 Å². The molecule has 0 saturated heterocycles. The number of nitrogens with one attached hydrogen (secondary N) is 2. The summed E-state index contributed by atoms with van der Waals surface area (Å²) in [5.74, 6) is -0.809. The standard InChI is InChI=1S/C13H11BrFN3OS/c14-9-2-1-7(15)5-8(9)12(19)18-13-17-10-3-4-16-6-11(10)20-13/h1-2,5,16H,3-4,6H2,(H,17,18,19). The summed E-state index contributed by atoms with van der Waals surface area (Å²) in [4.78, 5) is 17.7. The Kier molecular flexibility index (Phi) is 3.82. The molecule has 2 aromatic rings. The third-order valence-corrected chi connectivity index (χ3v) is 4.70. The van der Waals surface area contributed by atoms with Crippen molar-refractivity contribution in [2.45, 2.75) is 13.0 Å². The van der Waals surface area contributed by atoms with Crippen LogP contribution in [-0.4, -0.2) is 17.4 Å². The van der Waals surface area contributed by atoms with Crippen molar-refractivity contribution >= 4 is 38.3 Å². The summed E-state index contributed by atoms with van der Waals surface area (Å²) in [5, 5.41) is 6.54. The van der Waals surface area contributed by atoms with Crippen LogP contribution in [0, 0.1) is 5.82 Å². The number of nitrogens with zero attached hydrogens (tertiary/aromatic N) is 1. The minimum absolute atomic E-state index is 0.260. The van der Waals surface area contributed by atoms with Crippen molar-refractivity contribution in [2.24, 2.45) is 0 Å². The van der Waals surface area contributed by atoms with Gasteiger partial charge in [0.25, 0.3) is 5.91 Å². The average Bonchev–Trinajstić information content (AvgIpc) is 2.83. The number of hydrogen-bond acceptors (Lipinski definition) is 4. The highest BCUT2D eigenvalue weighted by atomic mass is 79.9. The zero-order valence-corrected chi connectivity index (χ0v) is 12.8. The molecule has 1 aliphatic rings. The van der Waals surface area contributed by atoms with Crippen LogP contribution < -0.4 is 10.6 Å². The molecular weight excluding hydrogens is 345 g/mol. The number of amides is 1. The number of hydrogen-bond donors (Lipinski definition) is 2. The smallest absolute Gasteiger partial charge is 0.258 e. The number of anilines is 1. The lowest BCUT2D eigenvalue weighted by atomic mass is 10.2. The van der Waals surface area contributed by atoms with E-state index in [1.807, 2.05) is 0 Å². The highest BCUT2D eigenvalue weighted by Gasteiger charge is 2.17. The molecule has 0 aliphatic carbocycles. The van der Waals surface area contributed by atoms with Crippen LogP contribution in [-0.2, 0) is 13.0 Å². The molecule has 104 valence electrons. The normalized spacial score (nSPS) is 13.9. The lowest BCUT2D eigenvalue weighted by Gasteiger charge is -2.09. The predicted molar refractivity (Wildman–Crippen MR) is 79.6 cm³/mol. The van der Waals surface area contributed by atoms with Gasteiger partial charge in [-0.15, -0.1) is 11.3 Å². The van der Waals surface area contributed by atoms with Crippen LogP contribution in [0.1, 0.15) is 20.9 Å². The van der Waals surface area contributed by atoms with Gasteiger partial charge in [-0.25, -0.2) is 9.37 Å². The van der Waals surface area contributed by atoms with Crippen LogP contribution >= 0.6 is 27.3 Å². The Morgan fingerprint density at radius 2 is 2.35 bits per heavy atom. The van der Waals surface area contributed by atoms with Crippen molar-refractivity contribution in [1.82, 2.24) is 10.3 Å². The maximum Gasteiger partial charge on any atom is 0.258 e. The van der Waals surface area contributed by atoms with Gasteiger partial charge >= 0.3 is 0 Å². The molecule has 1 aliphatic heterocycles. The highest BCUT2D eigenvalue weighted by Crippen LogP contribution is 2.26. The summed E-state index contributed by atoms with van der Waals surface area (Å²) in [6, 6.07) is 4.02. The lowest BCUT2D eigenvalue weighted by molar-refractivity contribution is 0.102. The van der Waals surface area contributed by atoms with Crippen molar-refractivity contribution in [3.63, 3.8) is 0 Å². The van der Waals surface area contributed by atoms with Gasteiger partial charge in [0, 0.05) is 28.9 Å². The van der Waals surface area contributed by atoms with Crippen molar-refractivity contribution in [1.29, 1.82) is 0 Å². The van der Waals surface area contributed by atoms with Gasteiger partial charge in [0.15, 0.2) is 5.13 Å². The van der Waals surface area contributed by atoms with E-state index in [1.54, 1.807) is 0 Å². The molecule has 0 unspecified atom stereocenters. The first kappa shape index (κ1) is 13.7. The topological polar surface area (TPSA) is 54.0 Å². The first-order valence-electron chi connectivity index (χ1n) is 6.09. The van der Waals surface area contributed by atoms with E-state index in [4.69, 9.17) is 0 Å². The van der Waals surface area contributed by atoms with Gasteiger partial charge < -0.3 is 5.32 Å². The molecule has 0 saturated carbocycles. The molecular formula is C13H11BrFN3OS. The number of fused-ring (bicyclic) bond motifs is 1. The van der Waals surface area contributed by atoms with Gasteiger partial charge in [-0.3, -0.25) is 10.1 Å². The van der Waals surface area contributed by atoms with Crippen LogP contribution in [0.2, 0.25) is 0 Å². The molecule has 20 heavy (non-hydrogen) atoms. The molecule has 1 aromatic heterocycles. The van der Waals surface area contributed by atoms with Crippen LogP contribution in [0.5, 0.6) is 0 Å². The number of aromatic nitrogens is 1. The van der Waals surface area contributed by atoms with E-state index in [2.05, 4.69) is 31.5 Å². The third kappa shape index (κ3) is 2.74. The maximum atomic E-state index is 13.2. The van der Waals surface area contributed by atoms with E-state index in [0.717, 1.165) is 30.1 Å². The summed E-state index contributed by atoms with van der Waals surface area (Å²) in [6.45, 7) is 1.69. The minimum atomic E-state index is -0.444. The fraction of sp³-hybridized carbons (Fsp3) is 0.231. The zero-order valence-electron chi connectivity index (χ0n) is 10.4. The van der Waals surface area contributed by atoms with Crippen LogP contribution in [0.3, 0.4) is 0 Å². The van der Waals surface area contributed by atoms with Gasteiger partial charge in [0.05, 0.1) is 11.3 Å². The van der Waals surface area contributed by atoms with E-state index in [0.29, 0.717) is 9.60 Å². The molecule has 1 aromatic carbocycles. The summed E-state index contributed by atoms with van der Waals surface area (Å²) in [7, 11) is 0. The molecule has 2 N–H and O–H groups in total. The SMILES string of the molecule is O=C(Nc1nc2c(s1)CNCC2)c1cc(F)ccc1Br. The van der Waals surface area contributed by atoms with Crippen molar-refractivity contribution in [2.75, 3.05) is 11.9 Å². The summed E-state index contributed by atoms with van der Waals surface area (Å²) in [6.07, 6.45) is 0.866. The monoisotopic (exact) mass is 355 g/mol. The second-order valence-corrected chi connectivity index (χ2v) is 6.33. The van der Waals surface area contributed by atoms with Crippen molar-refractivity contribution < 1.29 is 9.18 Å². The number of halogens is 2. The number of rotatable bonds is 2. The quantitative estimate of drug-likeness (QED) is 0.870. The molecule has 0 spiro atoms. The highest BCUT2D eigenvalue weighted by molar-refractivity contribution is 9.10. The molecule has 3 rings (SSSR count). The van der Waals surface area contributed by atoms with Crippen LogP contribution in [0.15, 0.2) is 22.7 Å². The predicted octanol–water partition coefficient (Wildman–Crippen LogP) is 2.94. The number of carbonyl (C=O) groups excluding carboxylic acids is 1. The summed E-state index contributed by atoms with van der Waals surface area (Å²) in [5.41, 5.74) is 1.29.